The van der Waals surface area contributed by atoms with E-state index < -0.39 is 24.0 Å². The maximum absolute atomic E-state index is 10.7. The minimum atomic E-state index is -2.12. The third kappa shape index (κ3) is 5.37. The average molecular weight is 218 g/mol. The van der Waals surface area contributed by atoms with E-state index in [1.807, 2.05) is 13.8 Å². The molecule has 0 aromatic rings. The normalized spacial score (nSPS) is 14.9. The quantitative estimate of drug-likeness (QED) is 0.594. The van der Waals surface area contributed by atoms with Gasteiger partial charge in [-0.15, -0.1) is 0 Å². The highest BCUT2D eigenvalue weighted by Crippen LogP contribution is 2.20. The van der Waals surface area contributed by atoms with Crippen molar-refractivity contribution in [1.29, 1.82) is 0 Å². The maximum Gasteiger partial charge on any atom is 0.336 e. The van der Waals surface area contributed by atoms with Crippen LogP contribution in [0.15, 0.2) is 0 Å². The topological polar surface area (TPSA) is 94.8 Å². The molecule has 0 aliphatic carbocycles. The predicted octanol–water partition coefficient (Wildman–Crippen LogP) is 1.10. The molecule has 0 saturated heterocycles. The summed E-state index contributed by atoms with van der Waals surface area (Å²) in [6.07, 6.45) is 0.510. The smallest absolute Gasteiger partial charge is 0.336 e. The zero-order valence-electron chi connectivity index (χ0n) is 9.06. The molecule has 88 valence electrons. The Bertz CT molecular complexity index is 236. The number of hydrogen-bond donors (Lipinski definition) is 3. The first kappa shape index (κ1) is 13.9. The summed E-state index contributed by atoms with van der Waals surface area (Å²) in [5.41, 5.74) is -2.12. The largest absolute Gasteiger partial charge is 0.481 e. The molecule has 0 fully saturated rings. The van der Waals surface area contributed by atoms with Crippen molar-refractivity contribution in [1.82, 2.24) is 0 Å². The van der Waals surface area contributed by atoms with Crippen LogP contribution >= 0.6 is 0 Å². The average Bonchev–Trinajstić information content (AvgIpc) is 2.01. The molecular formula is C10H18O5. The lowest BCUT2D eigenvalue weighted by atomic mass is 9.91. The lowest BCUT2D eigenvalue weighted by molar-refractivity contribution is -0.166. The summed E-state index contributed by atoms with van der Waals surface area (Å²) in [5, 5.41) is 26.8. The van der Waals surface area contributed by atoms with E-state index in [0.29, 0.717) is 12.3 Å². The second-order valence-corrected chi connectivity index (χ2v) is 4.19. The summed E-state index contributed by atoms with van der Waals surface area (Å²) in [6, 6.07) is 0. The number of hydrogen-bond acceptors (Lipinski definition) is 3. The van der Waals surface area contributed by atoms with E-state index in [1.54, 1.807) is 0 Å². The summed E-state index contributed by atoms with van der Waals surface area (Å²) in [6.45, 7) is 3.97. The fraction of sp³-hybridized carbons (Fsp3) is 0.800. The molecular weight excluding hydrogens is 200 g/mol. The van der Waals surface area contributed by atoms with Crippen LogP contribution in [0.4, 0.5) is 0 Å². The van der Waals surface area contributed by atoms with Gasteiger partial charge in [-0.25, -0.2) is 4.79 Å². The van der Waals surface area contributed by atoms with E-state index in [9.17, 15) is 14.7 Å². The third-order valence-corrected chi connectivity index (χ3v) is 2.21. The second-order valence-electron chi connectivity index (χ2n) is 4.19. The van der Waals surface area contributed by atoms with Crippen molar-refractivity contribution >= 4 is 11.9 Å². The van der Waals surface area contributed by atoms with E-state index in [1.165, 1.54) is 0 Å². The highest BCUT2D eigenvalue weighted by Gasteiger charge is 2.37. The molecule has 0 amide bonds. The first-order valence-electron chi connectivity index (χ1n) is 4.95. The molecule has 0 rings (SSSR count). The van der Waals surface area contributed by atoms with Crippen LogP contribution in [0, 0.1) is 5.92 Å². The molecule has 0 spiro atoms. The number of carboxylic acids is 2. The van der Waals surface area contributed by atoms with Gasteiger partial charge in [-0.3, -0.25) is 4.79 Å². The van der Waals surface area contributed by atoms with Gasteiger partial charge >= 0.3 is 11.9 Å². The molecule has 0 aromatic carbocycles. The molecule has 0 radical (unpaired) electrons. The van der Waals surface area contributed by atoms with Crippen molar-refractivity contribution in [3.05, 3.63) is 0 Å². The lowest BCUT2D eigenvalue weighted by Gasteiger charge is -2.21. The zero-order valence-corrected chi connectivity index (χ0v) is 9.06. The van der Waals surface area contributed by atoms with Gasteiger partial charge in [0.25, 0.3) is 0 Å². The molecule has 0 aliphatic rings. The van der Waals surface area contributed by atoms with Crippen LogP contribution in [0.25, 0.3) is 0 Å². The van der Waals surface area contributed by atoms with Gasteiger partial charge in [0.1, 0.15) is 0 Å². The van der Waals surface area contributed by atoms with Gasteiger partial charge in [-0.1, -0.05) is 20.3 Å². The number of carboxylic acid groups (broad SMARTS) is 2. The minimum absolute atomic E-state index is 0.0210. The SMILES string of the molecule is CC(C)CCCC(O)(CC(=O)O)C(=O)O. The molecule has 0 heterocycles. The Labute approximate surface area is 88.7 Å². The van der Waals surface area contributed by atoms with Gasteiger partial charge in [0.2, 0.25) is 0 Å². The molecule has 0 aromatic heterocycles. The highest BCUT2D eigenvalue weighted by molar-refractivity contribution is 5.83. The molecule has 5 heteroatoms. The summed E-state index contributed by atoms with van der Waals surface area (Å²) in [5.74, 6) is -2.36. The van der Waals surface area contributed by atoms with Gasteiger partial charge in [0, 0.05) is 0 Å². The van der Waals surface area contributed by atoms with Crippen LogP contribution in [0.5, 0.6) is 0 Å². The molecule has 1 atom stereocenters. The predicted molar refractivity (Wildman–Crippen MR) is 53.5 cm³/mol. The number of aliphatic carboxylic acids is 2. The Morgan fingerprint density at radius 3 is 2.13 bits per heavy atom. The fourth-order valence-corrected chi connectivity index (χ4v) is 1.32. The molecule has 0 saturated carbocycles. The van der Waals surface area contributed by atoms with Crippen LogP contribution in [0.3, 0.4) is 0 Å². The Morgan fingerprint density at radius 2 is 1.80 bits per heavy atom. The first-order chi connectivity index (χ1) is 6.78. The van der Waals surface area contributed by atoms with Crippen molar-refractivity contribution < 1.29 is 24.9 Å². The summed E-state index contributed by atoms with van der Waals surface area (Å²) in [7, 11) is 0. The van der Waals surface area contributed by atoms with Crippen molar-refractivity contribution in [2.75, 3.05) is 0 Å². The van der Waals surface area contributed by atoms with Crippen LogP contribution in [0.2, 0.25) is 0 Å². The lowest BCUT2D eigenvalue weighted by Crippen LogP contribution is -2.40. The van der Waals surface area contributed by atoms with Gasteiger partial charge in [-0.2, -0.15) is 0 Å². The summed E-state index contributed by atoms with van der Waals surface area (Å²) < 4.78 is 0. The zero-order chi connectivity index (χ0) is 12.1. The van der Waals surface area contributed by atoms with Gasteiger partial charge in [-0.05, 0) is 18.8 Å². The van der Waals surface area contributed by atoms with E-state index >= 15 is 0 Å². The van der Waals surface area contributed by atoms with Crippen molar-refractivity contribution in [3.8, 4) is 0 Å². The van der Waals surface area contributed by atoms with Crippen LogP contribution in [-0.2, 0) is 9.59 Å². The third-order valence-electron chi connectivity index (χ3n) is 2.21. The van der Waals surface area contributed by atoms with Crippen molar-refractivity contribution in [3.63, 3.8) is 0 Å². The molecule has 0 aliphatic heterocycles. The number of aliphatic hydroxyl groups is 1. The number of rotatable bonds is 7. The molecule has 1 unspecified atom stereocenters. The Balaban J connectivity index is 4.26. The van der Waals surface area contributed by atoms with Crippen LogP contribution in [0.1, 0.15) is 39.5 Å². The van der Waals surface area contributed by atoms with E-state index in [-0.39, 0.29) is 6.42 Å². The monoisotopic (exact) mass is 218 g/mol. The van der Waals surface area contributed by atoms with Gasteiger partial charge in [0.15, 0.2) is 5.60 Å². The second kappa shape index (κ2) is 5.70. The Hall–Kier alpha value is -1.10. The summed E-state index contributed by atoms with van der Waals surface area (Å²) >= 11 is 0. The Kier molecular flexibility index (Phi) is 5.28. The van der Waals surface area contributed by atoms with Gasteiger partial charge in [0.05, 0.1) is 6.42 Å². The minimum Gasteiger partial charge on any atom is -0.481 e. The highest BCUT2D eigenvalue weighted by atomic mass is 16.4. The molecule has 5 nitrogen and oxygen atoms in total. The van der Waals surface area contributed by atoms with Crippen molar-refractivity contribution in [2.45, 2.75) is 45.1 Å². The standard InChI is InChI=1S/C10H18O5/c1-7(2)4-3-5-10(15,9(13)14)6-8(11)12/h7,15H,3-6H2,1-2H3,(H,11,12)(H,13,14). The summed E-state index contributed by atoms with van der Waals surface area (Å²) in [4.78, 5) is 21.1. The van der Waals surface area contributed by atoms with Gasteiger partial charge < -0.3 is 15.3 Å². The maximum atomic E-state index is 10.7. The van der Waals surface area contributed by atoms with Crippen LogP contribution in [-0.4, -0.2) is 32.9 Å². The molecule has 15 heavy (non-hydrogen) atoms. The van der Waals surface area contributed by atoms with E-state index in [2.05, 4.69) is 0 Å². The van der Waals surface area contributed by atoms with Crippen molar-refractivity contribution in [2.24, 2.45) is 5.92 Å². The van der Waals surface area contributed by atoms with E-state index in [4.69, 9.17) is 10.2 Å². The number of carbonyl (C=O) groups is 2. The first-order valence-corrected chi connectivity index (χ1v) is 4.95. The van der Waals surface area contributed by atoms with E-state index in [0.717, 1.165) is 6.42 Å². The molecule has 3 N–H and O–H groups in total. The fourth-order valence-electron chi connectivity index (χ4n) is 1.32. The Morgan fingerprint density at radius 1 is 1.27 bits per heavy atom. The molecule has 0 bridgehead atoms. The van der Waals surface area contributed by atoms with Crippen LogP contribution < -0.4 is 0 Å².